The van der Waals surface area contributed by atoms with E-state index in [-0.39, 0.29) is 70.9 Å². The van der Waals surface area contributed by atoms with Crippen molar-refractivity contribution >= 4 is 76.0 Å². The minimum Gasteiger partial charge on any atom is -0.394 e. The van der Waals surface area contributed by atoms with Crippen LogP contribution in [-0.4, -0.2) is 181 Å². The molecule has 392 valence electrons. The number of benzene rings is 1. The van der Waals surface area contributed by atoms with Crippen molar-refractivity contribution < 1.29 is 63.2 Å². The van der Waals surface area contributed by atoms with Crippen LogP contribution in [-0.2, 0) is 54.3 Å². The first-order valence-corrected chi connectivity index (χ1v) is 24.2. The van der Waals surface area contributed by atoms with Gasteiger partial charge in [-0.15, -0.1) is 0 Å². The second-order valence-corrected chi connectivity index (χ2v) is 18.1. The third-order valence-electron chi connectivity index (χ3n) is 11.2. The summed E-state index contributed by atoms with van der Waals surface area (Å²) in [6.07, 6.45) is -3.69. The zero-order chi connectivity index (χ0) is 51.9. The molecule has 18 N–H and O–H groups in total. The van der Waals surface area contributed by atoms with Crippen molar-refractivity contribution in [2.24, 2.45) is 17.4 Å². The Bertz CT molecular complexity index is 1920. The number of carbonyl (C=O) groups is 9. The molecular weight excluding hydrogens is 1030 g/mol. The smallest absolute Gasteiger partial charge is 0.246 e. The molecule has 2 fully saturated rings. The molecule has 3 rings (SSSR count). The first-order chi connectivity index (χ1) is 33.3. The lowest BCUT2D eigenvalue weighted by atomic mass is 9.99. The van der Waals surface area contributed by atoms with E-state index in [0.717, 1.165) is 0 Å². The third kappa shape index (κ3) is 19.6. The Hall–Kier alpha value is -5.14. The van der Waals surface area contributed by atoms with Gasteiger partial charge in [-0.05, 0) is 70.0 Å². The van der Waals surface area contributed by atoms with Gasteiger partial charge in [-0.2, -0.15) is 0 Å². The van der Waals surface area contributed by atoms with Gasteiger partial charge in [-0.3, -0.25) is 52.0 Å². The first-order valence-electron chi connectivity index (χ1n) is 23.1. The summed E-state index contributed by atoms with van der Waals surface area (Å²) in [6.45, 7) is 2.94. The number of morpholine rings is 1. The molecular formula is C43H70IN13O13. The van der Waals surface area contributed by atoms with Gasteiger partial charge in [0.15, 0.2) is 0 Å². The monoisotopic (exact) mass is 1100 g/mol. The van der Waals surface area contributed by atoms with Crippen LogP contribution in [0.4, 0.5) is 0 Å². The van der Waals surface area contributed by atoms with Crippen molar-refractivity contribution in [2.75, 3.05) is 46.0 Å². The molecule has 0 bridgehead atoms. The normalized spacial score (nSPS) is 27.0. The van der Waals surface area contributed by atoms with Crippen LogP contribution in [0.25, 0.3) is 0 Å². The SMILES string of the molecule is CC(C)C[C@@H]1NC(O)[C@@H](Cc2ccccc2)NC(=O)[C@H](CCNI)NC(=O)[C@@H](NC(=O)[C@@H](CO)NC(=O)[C@@H]2COCC(=O)N2)CCNC(=O)[C@H]([C@@H](C)O)NC(=O)[C@H](CCN)NC(=O)[C@H](CCN)NC1=O. The number of hydrogen-bond donors (Lipinski definition) is 16. The molecule has 1 aromatic rings. The summed E-state index contributed by atoms with van der Waals surface area (Å²) in [5.74, 6) is -7.87. The van der Waals surface area contributed by atoms with Gasteiger partial charge in [0.2, 0.25) is 53.2 Å². The highest BCUT2D eigenvalue weighted by molar-refractivity contribution is 14.1. The predicted molar refractivity (Wildman–Crippen MR) is 259 cm³/mol. The number of nitrogens with two attached hydrogens (primary N) is 2. The largest absolute Gasteiger partial charge is 0.394 e. The van der Waals surface area contributed by atoms with Crippen LogP contribution in [0.2, 0.25) is 0 Å². The fourth-order valence-electron chi connectivity index (χ4n) is 7.40. The summed E-state index contributed by atoms with van der Waals surface area (Å²) in [6, 6.07) is -3.70. The van der Waals surface area contributed by atoms with Crippen molar-refractivity contribution in [3.63, 3.8) is 0 Å². The van der Waals surface area contributed by atoms with Crippen LogP contribution in [0.3, 0.4) is 0 Å². The van der Waals surface area contributed by atoms with Gasteiger partial charge >= 0.3 is 0 Å². The zero-order valence-corrected chi connectivity index (χ0v) is 41.6. The maximum absolute atomic E-state index is 14.3. The molecule has 9 amide bonds. The Morgan fingerprint density at radius 1 is 0.800 bits per heavy atom. The van der Waals surface area contributed by atoms with E-state index in [0.29, 0.717) is 5.56 Å². The summed E-state index contributed by atoms with van der Waals surface area (Å²) < 4.78 is 7.96. The molecule has 2 aliphatic heterocycles. The molecule has 0 spiro atoms. The molecule has 0 aliphatic carbocycles. The molecule has 2 heterocycles. The molecule has 0 aromatic heterocycles. The molecule has 70 heavy (non-hydrogen) atoms. The Morgan fingerprint density at radius 2 is 1.39 bits per heavy atom. The maximum Gasteiger partial charge on any atom is 0.246 e. The number of aliphatic hydroxyl groups excluding tert-OH is 3. The molecule has 0 radical (unpaired) electrons. The van der Waals surface area contributed by atoms with Gasteiger partial charge in [0.1, 0.15) is 55.1 Å². The summed E-state index contributed by atoms with van der Waals surface area (Å²) in [5, 5.41) is 58.3. The number of hydrogen-bond acceptors (Lipinski definition) is 17. The number of ether oxygens (including phenoxy) is 1. The highest BCUT2D eigenvalue weighted by atomic mass is 127. The van der Waals surface area contributed by atoms with Crippen LogP contribution in [0, 0.1) is 5.92 Å². The standard InChI is InChI=1S/C43H70IN13O13/c1-22(2)17-29-39(65)51-25(9-13-45)35(61)50-26(10-14-46)38(64)57-34(23(3)59)43(69)47-15-11-27(53-41(67)31(19-58)56-42(68)32-20-70-21-33(60)49-32)36(62)52-28(12-16-48-44)37(63)55-30(40(66)54-29)18-24-7-5-4-6-8-24/h4-8,22-23,25-32,34,40,48,54,58-59,66H,9-21,45-46H2,1-3H3,(H,47,69)(H,49,60)(H,50,61)(H,51,65)(H,52,62)(H,53,67)(H,55,63)(H,56,68)(H,57,64)/t23-,25+,26+,27+,28+,29+,30-,31-,32+,34+,40?/m1/s1. The van der Waals surface area contributed by atoms with Crippen LogP contribution >= 0.6 is 22.9 Å². The molecule has 1 aromatic carbocycles. The average Bonchev–Trinajstić information content (AvgIpc) is 3.31. The number of halogens is 1. The van der Waals surface area contributed by atoms with E-state index >= 15 is 0 Å². The van der Waals surface area contributed by atoms with E-state index in [9.17, 15) is 58.5 Å². The Kier molecular flexibility index (Phi) is 25.8. The lowest BCUT2D eigenvalue weighted by Crippen LogP contribution is -2.62. The molecule has 2 saturated heterocycles. The lowest BCUT2D eigenvalue weighted by molar-refractivity contribution is -0.140. The Balaban J connectivity index is 2.11. The summed E-state index contributed by atoms with van der Waals surface area (Å²) in [4.78, 5) is 122. The molecule has 27 heteroatoms. The number of rotatable bonds is 17. The average molecular weight is 1100 g/mol. The molecule has 11 atom stereocenters. The summed E-state index contributed by atoms with van der Waals surface area (Å²) >= 11 is 1.84. The Labute approximate surface area is 419 Å². The van der Waals surface area contributed by atoms with Crippen LogP contribution in [0.1, 0.15) is 58.4 Å². The fourth-order valence-corrected chi connectivity index (χ4v) is 7.71. The van der Waals surface area contributed by atoms with E-state index in [1.54, 1.807) is 30.3 Å². The quantitative estimate of drug-likeness (QED) is 0.0509. The number of nitrogens with one attached hydrogen (secondary N) is 11. The van der Waals surface area contributed by atoms with Gasteiger partial charge in [0.25, 0.3) is 0 Å². The van der Waals surface area contributed by atoms with E-state index in [2.05, 4.69) is 56.7 Å². The zero-order valence-electron chi connectivity index (χ0n) is 39.5. The van der Waals surface area contributed by atoms with E-state index < -0.39 is 139 Å². The minimum atomic E-state index is -1.67. The predicted octanol–water partition coefficient (Wildman–Crippen LogP) is -6.62. The second-order valence-electron chi connectivity index (χ2n) is 17.4. The summed E-state index contributed by atoms with van der Waals surface area (Å²) in [5.41, 5.74) is 12.3. The third-order valence-corrected chi connectivity index (χ3v) is 11.7. The Morgan fingerprint density at radius 3 is 1.96 bits per heavy atom. The fraction of sp³-hybridized carbons (Fsp3) is 0.651. The topological polar surface area (TPSA) is 408 Å². The highest BCUT2D eigenvalue weighted by Crippen LogP contribution is 2.12. The van der Waals surface area contributed by atoms with E-state index in [4.69, 9.17) is 16.2 Å². The molecule has 26 nitrogen and oxygen atoms in total. The van der Waals surface area contributed by atoms with Crippen LogP contribution in [0.15, 0.2) is 30.3 Å². The lowest BCUT2D eigenvalue weighted by Gasteiger charge is -2.32. The van der Waals surface area contributed by atoms with Crippen molar-refractivity contribution in [1.29, 1.82) is 0 Å². The number of amides is 9. The number of carbonyl (C=O) groups excluding carboxylic acids is 9. The van der Waals surface area contributed by atoms with Crippen molar-refractivity contribution in [2.45, 2.75) is 126 Å². The second kappa shape index (κ2) is 30.6. The highest BCUT2D eigenvalue weighted by Gasteiger charge is 2.37. The van der Waals surface area contributed by atoms with Gasteiger partial charge < -0.3 is 79.4 Å². The van der Waals surface area contributed by atoms with Crippen molar-refractivity contribution in [1.82, 2.24) is 56.7 Å². The maximum atomic E-state index is 14.3. The molecule has 1 unspecified atom stereocenters. The molecule has 0 saturated carbocycles. The van der Waals surface area contributed by atoms with E-state index in [1.165, 1.54) is 6.92 Å². The van der Waals surface area contributed by atoms with Gasteiger partial charge in [-0.25, -0.2) is 0 Å². The van der Waals surface area contributed by atoms with Gasteiger partial charge in [-0.1, -0.05) is 44.2 Å². The van der Waals surface area contributed by atoms with Crippen LogP contribution < -0.4 is 68.2 Å². The summed E-state index contributed by atoms with van der Waals surface area (Å²) in [7, 11) is 0. The van der Waals surface area contributed by atoms with Crippen molar-refractivity contribution in [3.05, 3.63) is 35.9 Å². The van der Waals surface area contributed by atoms with Crippen LogP contribution in [0.5, 0.6) is 0 Å². The van der Waals surface area contributed by atoms with Crippen molar-refractivity contribution in [3.8, 4) is 0 Å². The van der Waals surface area contributed by atoms with E-state index in [1.807, 2.05) is 36.7 Å². The van der Waals surface area contributed by atoms with Gasteiger partial charge in [0.05, 0.1) is 31.4 Å². The van der Waals surface area contributed by atoms with Gasteiger partial charge in [0, 0.05) is 36.0 Å². The minimum absolute atomic E-state index is 0.0154. The first kappa shape index (κ1) is 59.2. The number of aliphatic hydroxyl groups is 3. The molecule has 2 aliphatic rings.